The Hall–Kier alpha value is -1.10. The first-order valence-electron chi connectivity index (χ1n) is 6.13. The van der Waals surface area contributed by atoms with Crippen LogP contribution < -0.4 is 5.73 Å². The number of halogens is 3. The van der Waals surface area contributed by atoms with Crippen molar-refractivity contribution in [2.24, 2.45) is 5.73 Å². The highest BCUT2D eigenvalue weighted by Crippen LogP contribution is 2.23. The molecule has 0 aliphatic carbocycles. The molecule has 0 aliphatic heterocycles. The topological polar surface area (TPSA) is 26.0 Å². The summed E-state index contributed by atoms with van der Waals surface area (Å²) in [4.78, 5) is 0.988. The zero-order valence-corrected chi connectivity index (χ0v) is 12.2. The smallest absolute Gasteiger partial charge is 0.129 e. The van der Waals surface area contributed by atoms with Crippen LogP contribution in [0.4, 0.5) is 8.78 Å². The van der Waals surface area contributed by atoms with Crippen molar-refractivity contribution in [2.45, 2.75) is 17.4 Å². The fourth-order valence-corrected chi connectivity index (χ4v) is 2.97. The van der Waals surface area contributed by atoms with Crippen molar-refractivity contribution < 1.29 is 8.78 Å². The van der Waals surface area contributed by atoms with Crippen LogP contribution in [-0.4, -0.2) is 11.8 Å². The lowest BCUT2D eigenvalue weighted by Crippen LogP contribution is -2.26. The van der Waals surface area contributed by atoms with Crippen LogP contribution in [0.3, 0.4) is 0 Å². The molecule has 1 atom stereocenters. The highest BCUT2D eigenvalue weighted by Gasteiger charge is 2.13. The first-order chi connectivity index (χ1) is 9.56. The van der Waals surface area contributed by atoms with Gasteiger partial charge in [0.2, 0.25) is 0 Å². The van der Waals surface area contributed by atoms with E-state index in [9.17, 15) is 8.78 Å². The maximum atomic E-state index is 13.5. The van der Waals surface area contributed by atoms with Gasteiger partial charge in [0.05, 0.1) is 0 Å². The SMILES string of the molecule is NC(CSc1cccc(Cl)c1)Cc1c(F)cccc1F. The van der Waals surface area contributed by atoms with Gasteiger partial charge >= 0.3 is 0 Å². The lowest BCUT2D eigenvalue weighted by molar-refractivity contribution is 0.543. The summed E-state index contributed by atoms with van der Waals surface area (Å²) in [5, 5.41) is 0.656. The summed E-state index contributed by atoms with van der Waals surface area (Å²) in [6, 6.07) is 10.9. The molecule has 0 heterocycles. The average Bonchev–Trinajstić information content (AvgIpc) is 2.41. The average molecular weight is 314 g/mol. The Morgan fingerprint density at radius 3 is 2.40 bits per heavy atom. The predicted octanol–water partition coefficient (Wildman–Crippen LogP) is 4.28. The minimum absolute atomic E-state index is 0.0479. The van der Waals surface area contributed by atoms with E-state index in [-0.39, 0.29) is 18.0 Å². The summed E-state index contributed by atoms with van der Waals surface area (Å²) in [6.45, 7) is 0. The van der Waals surface area contributed by atoms with Crippen molar-refractivity contribution in [1.29, 1.82) is 0 Å². The largest absolute Gasteiger partial charge is 0.327 e. The van der Waals surface area contributed by atoms with E-state index in [0.717, 1.165) is 4.90 Å². The molecule has 0 radical (unpaired) electrons. The summed E-state index contributed by atoms with van der Waals surface area (Å²) in [5.74, 6) is -0.532. The lowest BCUT2D eigenvalue weighted by atomic mass is 10.1. The quantitative estimate of drug-likeness (QED) is 0.834. The number of nitrogens with two attached hydrogens (primary N) is 1. The van der Waals surface area contributed by atoms with E-state index >= 15 is 0 Å². The molecule has 2 N–H and O–H groups in total. The molecule has 20 heavy (non-hydrogen) atoms. The third kappa shape index (κ3) is 4.20. The van der Waals surface area contributed by atoms with Crippen LogP contribution in [0.15, 0.2) is 47.4 Å². The van der Waals surface area contributed by atoms with Crippen LogP contribution in [0.5, 0.6) is 0 Å². The lowest BCUT2D eigenvalue weighted by Gasteiger charge is -2.12. The predicted molar refractivity (Wildman–Crippen MR) is 80.2 cm³/mol. The van der Waals surface area contributed by atoms with Crippen molar-refractivity contribution in [3.63, 3.8) is 0 Å². The van der Waals surface area contributed by atoms with Crippen molar-refractivity contribution in [2.75, 3.05) is 5.75 Å². The first kappa shape index (κ1) is 15.3. The van der Waals surface area contributed by atoms with Gasteiger partial charge in [0, 0.05) is 27.3 Å². The Morgan fingerprint density at radius 1 is 1.10 bits per heavy atom. The molecule has 0 bridgehead atoms. The molecule has 5 heteroatoms. The maximum absolute atomic E-state index is 13.5. The zero-order chi connectivity index (χ0) is 14.5. The molecule has 1 nitrogen and oxygen atoms in total. The van der Waals surface area contributed by atoms with Gasteiger partial charge in [-0.25, -0.2) is 8.78 Å². The Bertz CT molecular complexity index is 572. The van der Waals surface area contributed by atoms with Crippen LogP contribution in [0.1, 0.15) is 5.56 Å². The van der Waals surface area contributed by atoms with E-state index < -0.39 is 11.6 Å². The van der Waals surface area contributed by atoms with Crippen LogP contribution in [0.25, 0.3) is 0 Å². The third-order valence-corrected chi connectivity index (χ3v) is 4.21. The third-order valence-electron chi connectivity index (χ3n) is 2.79. The molecule has 2 aromatic rings. The Labute approximate surface area is 126 Å². The zero-order valence-electron chi connectivity index (χ0n) is 10.7. The van der Waals surface area contributed by atoms with Gasteiger partial charge in [-0.05, 0) is 36.8 Å². The van der Waals surface area contributed by atoms with E-state index in [4.69, 9.17) is 17.3 Å². The minimum atomic E-state index is -0.548. The number of rotatable bonds is 5. The molecule has 0 aromatic heterocycles. The monoisotopic (exact) mass is 313 g/mol. The number of hydrogen-bond acceptors (Lipinski definition) is 2. The standard InChI is InChI=1S/C15H14ClF2NS/c16-10-3-1-4-12(7-10)20-9-11(19)8-13-14(17)5-2-6-15(13)18/h1-7,11H,8-9,19H2. The van der Waals surface area contributed by atoms with Crippen LogP contribution >= 0.6 is 23.4 Å². The second-order valence-corrected chi connectivity index (χ2v) is 5.96. The highest BCUT2D eigenvalue weighted by atomic mass is 35.5. The summed E-state index contributed by atoms with van der Waals surface area (Å²) < 4.78 is 27.0. The van der Waals surface area contributed by atoms with E-state index in [1.807, 2.05) is 18.2 Å². The van der Waals surface area contributed by atoms with E-state index in [1.165, 1.54) is 30.0 Å². The summed E-state index contributed by atoms with van der Waals surface area (Å²) in [7, 11) is 0. The number of hydrogen-bond donors (Lipinski definition) is 1. The highest BCUT2D eigenvalue weighted by molar-refractivity contribution is 7.99. The fraction of sp³-hybridized carbons (Fsp3) is 0.200. The van der Waals surface area contributed by atoms with Gasteiger partial charge in [0.25, 0.3) is 0 Å². The van der Waals surface area contributed by atoms with Crippen LogP contribution in [0.2, 0.25) is 5.02 Å². The molecule has 0 saturated heterocycles. The summed E-state index contributed by atoms with van der Waals surface area (Å²) in [5.41, 5.74) is 5.99. The van der Waals surface area contributed by atoms with Gasteiger partial charge in [-0.1, -0.05) is 23.7 Å². The molecule has 0 fully saturated rings. The van der Waals surface area contributed by atoms with Crippen molar-refractivity contribution >= 4 is 23.4 Å². The van der Waals surface area contributed by atoms with Crippen LogP contribution in [-0.2, 0) is 6.42 Å². The summed E-state index contributed by atoms with van der Waals surface area (Å²) in [6.07, 6.45) is 0.173. The number of thioether (sulfide) groups is 1. The molecule has 2 rings (SSSR count). The summed E-state index contributed by atoms with van der Waals surface area (Å²) >= 11 is 7.41. The van der Waals surface area contributed by atoms with Gasteiger partial charge in [-0.2, -0.15) is 0 Å². The molecule has 0 spiro atoms. The fourth-order valence-electron chi connectivity index (χ4n) is 1.81. The number of benzene rings is 2. The van der Waals surface area contributed by atoms with Gasteiger partial charge in [0.1, 0.15) is 11.6 Å². The molecule has 1 unspecified atom stereocenters. The van der Waals surface area contributed by atoms with Gasteiger partial charge in [0.15, 0.2) is 0 Å². The van der Waals surface area contributed by atoms with Gasteiger partial charge in [-0.3, -0.25) is 0 Å². The van der Waals surface area contributed by atoms with Crippen molar-refractivity contribution in [1.82, 2.24) is 0 Å². The maximum Gasteiger partial charge on any atom is 0.129 e. The normalized spacial score (nSPS) is 12.4. The first-order valence-corrected chi connectivity index (χ1v) is 7.49. The molecular weight excluding hydrogens is 300 g/mol. The van der Waals surface area contributed by atoms with E-state index in [2.05, 4.69) is 0 Å². The molecular formula is C15H14ClF2NS. The second-order valence-electron chi connectivity index (χ2n) is 4.43. The Morgan fingerprint density at radius 2 is 1.75 bits per heavy atom. The minimum Gasteiger partial charge on any atom is -0.327 e. The Balaban J connectivity index is 1.94. The molecule has 0 saturated carbocycles. The van der Waals surface area contributed by atoms with Gasteiger partial charge in [-0.15, -0.1) is 11.8 Å². The van der Waals surface area contributed by atoms with Crippen LogP contribution in [0, 0.1) is 11.6 Å². The molecule has 0 amide bonds. The second kappa shape index (κ2) is 7.07. The Kier molecular flexibility index (Phi) is 5.40. The molecule has 2 aromatic carbocycles. The van der Waals surface area contributed by atoms with E-state index in [0.29, 0.717) is 10.8 Å². The van der Waals surface area contributed by atoms with Crippen molar-refractivity contribution in [3.8, 4) is 0 Å². The molecule has 106 valence electrons. The van der Waals surface area contributed by atoms with E-state index in [1.54, 1.807) is 6.07 Å². The van der Waals surface area contributed by atoms with Crippen molar-refractivity contribution in [3.05, 3.63) is 64.7 Å². The molecule has 0 aliphatic rings. The van der Waals surface area contributed by atoms with Gasteiger partial charge < -0.3 is 5.73 Å².